The van der Waals surface area contributed by atoms with Gasteiger partial charge < -0.3 is 42.2 Å². The Morgan fingerprint density at radius 3 is 1.50 bits per heavy atom. The van der Waals surface area contributed by atoms with Gasteiger partial charge in [-0.3, -0.25) is 0 Å². The Labute approximate surface area is 176 Å². The second-order valence-corrected chi connectivity index (χ2v) is 5.28. The molecular formula is C18H20AuClN4O2. The van der Waals surface area contributed by atoms with Crippen molar-refractivity contribution in [2.24, 2.45) is 0 Å². The average Bonchev–Trinajstić information content (AvgIpc) is 3.18. The standard InChI is InChI=1S/2C9H10N2O.Au.ClH/c2*12-6-5-10-7-9-3-1-2-4-11(9)8-10;;/h2*1-4,7,12H,5-6H2;;1H/q;;+1;/p-1. The second kappa shape index (κ2) is 11.3. The predicted octanol–water partition coefficient (Wildman–Crippen LogP) is -1.96. The van der Waals surface area contributed by atoms with E-state index in [1.807, 2.05) is 80.9 Å². The quantitative estimate of drug-likeness (QED) is 0.393. The molecule has 6 nitrogen and oxygen atoms in total. The molecule has 142 valence electrons. The van der Waals surface area contributed by atoms with Crippen molar-refractivity contribution in [2.45, 2.75) is 0 Å². The normalized spacial score (nSPS) is 18.4. The number of hydrogen-bond donors (Lipinski definition) is 2. The first-order valence-corrected chi connectivity index (χ1v) is 7.79. The molecule has 4 rings (SSSR count). The van der Waals surface area contributed by atoms with Gasteiger partial charge in [0.15, 0.2) is 0 Å². The van der Waals surface area contributed by atoms with E-state index in [2.05, 4.69) is 13.3 Å². The molecule has 0 aromatic rings. The molecule has 0 fully saturated rings. The van der Waals surface area contributed by atoms with Gasteiger partial charge in [0.25, 0.3) is 0 Å². The summed E-state index contributed by atoms with van der Waals surface area (Å²) in [5.41, 5.74) is 2.18. The second-order valence-electron chi connectivity index (χ2n) is 5.28. The minimum atomic E-state index is 0. The molecule has 0 spiro atoms. The van der Waals surface area contributed by atoms with Gasteiger partial charge in [-0.25, -0.2) is 0 Å². The predicted molar refractivity (Wildman–Crippen MR) is 90.5 cm³/mol. The first kappa shape index (κ1) is 22.6. The molecule has 8 heteroatoms. The van der Waals surface area contributed by atoms with Gasteiger partial charge in [-0.05, 0) is 24.3 Å². The molecule has 0 aromatic heterocycles. The number of aliphatic hydroxyl groups is 2. The Bertz CT molecular complexity index is 577. The van der Waals surface area contributed by atoms with Crippen LogP contribution in [0, 0.1) is 13.3 Å². The topological polar surface area (TPSA) is 53.4 Å². The van der Waals surface area contributed by atoms with Crippen LogP contribution in [0.15, 0.2) is 72.7 Å². The molecule has 0 bridgehead atoms. The summed E-state index contributed by atoms with van der Waals surface area (Å²) in [6, 6.07) is 0. The summed E-state index contributed by atoms with van der Waals surface area (Å²) in [7, 11) is 0. The van der Waals surface area contributed by atoms with E-state index >= 15 is 0 Å². The van der Waals surface area contributed by atoms with Crippen LogP contribution < -0.4 is 12.4 Å². The van der Waals surface area contributed by atoms with Crippen LogP contribution in [-0.4, -0.2) is 56.1 Å². The smallest absolute Gasteiger partial charge is 1.00 e. The zero-order valence-electron chi connectivity index (χ0n) is 14.0. The number of halogens is 1. The molecule has 4 aliphatic heterocycles. The third kappa shape index (κ3) is 5.81. The molecule has 0 unspecified atom stereocenters. The van der Waals surface area contributed by atoms with Crippen LogP contribution >= 0.6 is 0 Å². The van der Waals surface area contributed by atoms with Crippen LogP contribution in [0.5, 0.6) is 0 Å². The minimum Gasteiger partial charge on any atom is -1.00 e. The van der Waals surface area contributed by atoms with Crippen LogP contribution in [-0.2, 0) is 22.4 Å². The summed E-state index contributed by atoms with van der Waals surface area (Å²) < 4.78 is 0. The first-order chi connectivity index (χ1) is 11.8. The monoisotopic (exact) mass is 556 g/mol. The summed E-state index contributed by atoms with van der Waals surface area (Å²) in [5, 5.41) is 17.4. The fraction of sp³-hybridized carbons (Fsp3) is 0.222. The van der Waals surface area contributed by atoms with E-state index in [0.29, 0.717) is 13.1 Å². The van der Waals surface area contributed by atoms with Gasteiger partial charge in [0.2, 0.25) is 13.3 Å². The maximum atomic E-state index is 8.69. The Balaban J connectivity index is 0.000000241. The number of nitrogens with zero attached hydrogens (tertiary/aromatic N) is 4. The van der Waals surface area contributed by atoms with E-state index in [9.17, 15) is 0 Å². The third-order valence-electron chi connectivity index (χ3n) is 3.51. The molecule has 4 heterocycles. The van der Waals surface area contributed by atoms with Gasteiger partial charge in [-0.15, -0.1) is 0 Å². The summed E-state index contributed by atoms with van der Waals surface area (Å²) in [6.07, 6.45) is 19.6. The number of fused-ring (bicyclic) bond motifs is 2. The maximum absolute atomic E-state index is 8.69. The molecule has 2 N–H and O–H groups in total. The maximum Gasteiger partial charge on any atom is 1.00 e. The zero-order chi connectivity index (χ0) is 16.8. The number of allylic oxidation sites excluding steroid dienone is 6. The summed E-state index contributed by atoms with van der Waals surface area (Å²) in [5.74, 6) is 0. The number of β-amino-alcohol motifs (C(OH)–C–C–N with tert-alkyl or cyclic N) is 2. The molecular weight excluding hydrogens is 537 g/mol. The Morgan fingerprint density at radius 2 is 1.15 bits per heavy atom. The summed E-state index contributed by atoms with van der Waals surface area (Å²) >= 11 is 0. The molecule has 0 aliphatic carbocycles. The van der Waals surface area contributed by atoms with E-state index in [1.165, 1.54) is 0 Å². The molecule has 0 aromatic carbocycles. The number of rotatable bonds is 4. The van der Waals surface area contributed by atoms with Gasteiger partial charge in [0.05, 0.1) is 24.6 Å². The van der Waals surface area contributed by atoms with Crippen LogP contribution in [0.25, 0.3) is 0 Å². The minimum absolute atomic E-state index is 0. The van der Waals surface area contributed by atoms with Gasteiger partial charge in [-0.2, -0.15) is 0 Å². The fourth-order valence-corrected chi connectivity index (χ4v) is 2.40. The van der Waals surface area contributed by atoms with Gasteiger partial charge in [0, 0.05) is 37.9 Å². The summed E-state index contributed by atoms with van der Waals surface area (Å²) in [4.78, 5) is 7.48. The van der Waals surface area contributed by atoms with E-state index in [4.69, 9.17) is 10.2 Å². The van der Waals surface area contributed by atoms with Gasteiger partial charge in [-0.1, -0.05) is 12.2 Å². The van der Waals surface area contributed by atoms with Crippen LogP contribution in [0.4, 0.5) is 0 Å². The number of hydrogen-bond acceptors (Lipinski definition) is 6. The third-order valence-corrected chi connectivity index (χ3v) is 3.51. The van der Waals surface area contributed by atoms with Crippen molar-refractivity contribution in [1.82, 2.24) is 19.6 Å². The number of aliphatic hydroxyl groups excluding tert-OH is 2. The van der Waals surface area contributed by atoms with Crippen molar-refractivity contribution < 1.29 is 45.0 Å². The fourth-order valence-electron chi connectivity index (χ4n) is 2.40. The molecule has 4 radical (unpaired) electrons. The molecule has 0 saturated carbocycles. The van der Waals surface area contributed by atoms with E-state index in [1.54, 1.807) is 0 Å². The first-order valence-electron chi connectivity index (χ1n) is 7.79. The van der Waals surface area contributed by atoms with E-state index in [0.717, 1.165) is 11.4 Å². The zero-order valence-corrected chi connectivity index (χ0v) is 16.9. The van der Waals surface area contributed by atoms with Crippen molar-refractivity contribution >= 4 is 0 Å². The van der Waals surface area contributed by atoms with Crippen molar-refractivity contribution in [1.29, 1.82) is 0 Å². The Kier molecular flexibility index (Phi) is 9.87. The molecule has 0 amide bonds. The van der Waals surface area contributed by atoms with Crippen molar-refractivity contribution in [3.8, 4) is 0 Å². The van der Waals surface area contributed by atoms with E-state index in [-0.39, 0.29) is 48.0 Å². The largest absolute Gasteiger partial charge is 1.00 e. The molecule has 26 heavy (non-hydrogen) atoms. The SMILES string of the molecule is OCCN1[C]N2C=CC=CC2=C1.OCCN1[C]N2C=CC=CC2=C1.[Au+].[Cl-]. The van der Waals surface area contributed by atoms with Crippen LogP contribution in [0.2, 0.25) is 0 Å². The van der Waals surface area contributed by atoms with Crippen molar-refractivity contribution in [3.05, 3.63) is 86.0 Å². The van der Waals surface area contributed by atoms with Gasteiger partial charge in [0.1, 0.15) is 0 Å². The molecule has 0 atom stereocenters. The Hall–Kier alpha value is -1.41. The van der Waals surface area contributed by atoms with Gasteiger partial charge >= 0.3 is 22.4 Å². The van der Waals surface area contributed by atoms with Crippen molar-refractivity contribution in [2.75, 3.05) is 26.3 Å². The van der Waals surface area contributed by atoms with E-state index < -0.39 is 0 Å². The molecule has 0 saturated heterocycles. The molecule has 4 aliphatic rings. The summed E-state index contributed by atoms with van der Waals surface area (Å²) in [6.45, 7) is 7.64. The van der Waals surface area contributed by atoms with Crippen LogP contribution in [0.3, 0.4) is 0 Å². The van der Waals surface area contributed by atoms with Crippen LogP contribution in [0.1, 0.15) is 0 Å². The average molecular weight is 557 g/mol. The Morgan fingerprint density at radius 1 is 0.731 bits per heavy atom. The van der Waals surface area contributed by atoms with Crippen molar-refractivity contribution in [3.63, 3.8) is 0 Å².